The van der Waals surface area contributed by atoms with Crippen LogP contribution >= 0.6 is 0 Å². The van der Waals surface area contributed by atoms with E-state index in [1.165, 1.54) is 0 Å². The Morgan fingerprint density at radius 3 is 2.12 bits per heavy atom. The highest BCUT2D eigenvalue weighted by molar-refractivity contribution is 6.58. The predicted molar refractivity (Wildman–Crippen MR) is 67.0 cm³/mol. The van der Waals surface area contributed by atoms with Gasteiger partial charge in [-0.05, 0) is 23.2 Å². The monoisotopic (exact) mass is 234 g/mol. The molecule has 0 unspecified atom stereocenters. The minimum Gasteiger partial charge on any atom is -0.489 e. The van der Waals surface area contributed by atoms with Crippen LogP contribution in [0.3, 0.4) is 0 Å². The molecule has 0 aliphatic heterocycles. The highest BCUT2D eigenvalue weighted by Gasteiger charge is 2.09. The summed E-state index contributed by atoms with van der Waals surface area (Å²) in [7, 11) is -1.43. The molecule has 2 aromatic rings. The van der Waals surface area contributed by atoms with Gasteiger partial charge in [-0.15, -0.1) is 0 Å². The normalized spacial score (nSPS) is 10.0. The fourth-order valence-electron chi connectivity index (χ4n) is 1.48. The van der Waals surface area contributed by atoms with Crippen LogP contribution in [0.4, 0.5) is 0 Å². The highest BCUT2D eigenvalue weighted by Crippen LogP contribution is 2.10. The Kier molecular flexibility index (Phi) is 3.80. The lowest BCUT2D eigenvalue weighted by molar-refractivity contribution is 0.306. The molecule has 0 radical (unpaired) electrons. The Bertz CT molecular complexity index is 454. The van der Waals surface area contributed by atoms with Crippen molar-refractivity contribution in [1.82, 2.24) is 0 Å². The topological polar surface area (TPSA) is 49.7 Å². The van der Waals surface area contributed by atoms with Gasteiger partial charge in [-0.1, -0.05) is 42.5 Å². The molecule has 0 saturated carbocycles. The summed E-state index contributed by atoms with van der Waals surface area (Å²) in [5, 5.41) is 17.9. The van der Waals surface area contributed by atoms with Crippen LogP contribution in [0.2, 0.25) is 0 Å². The summed E-state index contributed by atoms with van der Waals surface area (Å²) in [6, 6.07) is 16.6. The molecule has 2 aromatic carbocycles. The number of rotatable bonds is 4. The Hall–Kier alpha value is -1.78. The molecule has 0 amide bonds. The van der Waals surface area contributed by atoms with Crippen molar-refractivity contribution in [3.8, 4) is 5.75 Å². The van der Waals surface area contributed by atoms with Crippen molar-refractivity contribution in [3.63, 3.8) is 0 Å². The second kappa shape index (κ2) is 5.52. The molecular weight excluding hydrogens is 221 g/mol. The minimum atomic E-state index is -1.43. The zero-order valence-corrected chi connectivity index (χ0v) is 9.28. The van der Waals surface area contributed by atoms with Crippen molar-refractivity contribution in [2.45, 2.75) is 6.61 Å². The second-order valence-corrected chi connectivity index (χ2v) is 3.72. The maximum atomic E-state index is 8.94. The summed E-state index contributed by atoms with van der Waals surface area (Å²) in [5.41, 5.74) is 1.55. The SMILES string of the molecule is OB(O)[13c]1[13cH][13cH][13c](OCc2ccccc2)[13cH][13cH]1. The Labute approximate surface area is 100 Å². The third kappa shape index (κ3) is 3.34. The molecular formula is C13H13BO3. The lowest BCUT2D eigenvalue weighted by Gasteiger charge is -2.07. The zero-order chi connectivity index (χ0) is 12.1. The van der Waals surface area contributed by atoms with Gasteiger partial charge < -0.3 is 14.8 Å². The molecule has 2 rings (SSSR count). The summed E-state index contributed by atoms with van der Waals surface area (Å²) < 4.78 is 5.56. The second-order valence-electron chi connectivity index (χ2n) is 3.72. The van der Waals surface area contributed by atoms with E-state index >= 15 is 0 Å². The third-order valence-electron chi connectivity index (χ3n) is 2.43. The lowest BCUT2D eigenvalue weighted by atomic mass is 10.1. The van der Waals surface area contributed by atoms with Gasteiger partial charge in [0.2, 0.25) is 0 Å². The van der Waals surface area contributed by atoms with E-state index < -0.39 is 7.12 Å². The van der Waals surface area contributed by atoms with Crippen LogP contribution in [-0.2, 0) is 6.61 Å². The zero-order valence-electron chi connectivity index (χ0n) is 9.28. The first-order valence-electron chi connectivity index (χ1n) is 5.38. The number of ether oxygens (including phenoxy) is 1. The molecule has 3 nitrogen and oxygen atoms in total. The van der Waals surface area contributed by atoms with E-state index in [0.29, 0.717) is 17.8 Å². The predicted octanol–water partition coefficient (Wildman–Crippen LogP) is 0.945. The molecule has 17 heavy (non-hydrogen) atoms. The summed E-state index contributed by atoms with van der Waals surface area (Å²) in [5.74, 6) is 0.707. The van der Waals surface area contributed by atoms with Crippen LogP contribution in [0.15, 0.2) is 54.6 Å². The Balaban J connectivity index is 1.96. The Morgan fingerprint density at radius 1 is 0.882 bits per heavy atom. The largest absolute Gasteiger partial charge is 0.489 e. The van der Waals surface area contributed by atoms with E-state index in [9.17, 15) is 0 Å². The van der Waals surface area contributed by atoms with E-state index in [1.54, 1.807) is 24.3 Å². The van der Waals surface area contributed by atoms with Crippen LogP contribution in [0.25, 0.3) is 0 Å². The van der Waals surface area contributed by atoms with Gasteiger partial charge in [0.1, 0.15) is 12.4 Å². The molecule has 0 aliphatic carbocycles. The van der Waals surface area contributed by atoms with Gasteiger partial charge in [-0.2, -0.15) is 0 Å². The quantitative estimate of drug-likeness (QED) is 0.774. The number of benzene rings is 2. The Morgan fingerprint density at radius 2 is 1.53 bits per heavy atom. The maximum absolute atomic E-state index is 8.94. The van der Waals surface area contributed by atoms with Crippen molar-refractivity contribution in [2.75, 3.05) is 0 Å². The average Bonchev–Trinajstić information content (AvgIpc) is 2.38. The van der Waals surface area contributed by atoms with Crippen LogP contribution in [0.1, 0.15) is 5.56 Å². The van der Waals surface area contributed by atoms with Crippen LogP contribution in [0.5, 0.6) is 5.75 Å². The molecule has 0 aliphatic rings. The molecule has 0 aromatic heterocycles. The number of hydrogen-bond donors (Lipinski definition) is 2. The fraction of sp³-hybridized carbons (Fsp3) is 0.0769. The smallest absolute Gasteiger partial charge is 0.488 e. The molecule has 0 fully saturated rings. The van der Waals surface area contributed by atoms with E-state index in [0.717, 1.165) is 5.56 Å². The fourth-order valence-corrected chi connectivity index (χ4v) is 1.48. The van der Waals surface area contributed by atoms with Crippen molar-refractivity contribution in [2.24, 2.45) is 0 Å². The summed E-state index contributed by atoms with van der Waals surface area (Å²) in [6.45, 7) is 0.502. The molecule has 0 heterocycles. The van der Waals surface area contributed by atoms with Crippen LogP contribution in [-0.4, -0.2) is 17.2 Å². The van der Waals surface area contributed by atoms with Crippen molar-refractivity contribution in [3.05, 3.63) is 60.2 Å². The van der Waals surface area contributed by atoms with Crippen molar-refractivity contribution >= 4 is 12.6 Å². The van der Waals surface area contributed by atoms with Crippen LogP contribution < -0.4 is 10.2 Å². The lowest BCUT2D eigenvalue weighted by Crippen LogP contribution is -2.29. The van der Waals surface area contributed by atoms with Crippen LogP contribution in [0, 0.1) is 0 Å². The standard InChI is InChI=1S/C13H13BO3/c15-14(16)12-6-8-13(9-7-12)17-10-11-4-2-1-3-5-11/h1-9,15-16H,10H2/i6+1,7+1,8+1,9+1,12+1,13+1. The van der Waals surface area contributed by atoms with Gasteiger partial charge in [0.15, 0.2) is 0 Å². The van der Waals surface area contributed by atoms with Gasteiger partial charge in [0.05, 0.1) is 0 Å². The van der Waals surface area contributed by atoms with E-state index in [-0.39, 0.29) is 0 Å². The maximum Gasteiger partial charge on any atom is 0.488 e. The molecule has 0 saturated heterocycles. The van der Waals surface area contributed by atoms with E-state index in [4.69, 9.17) is 14.8 Å². The van der Waals surface area contributed by atoms with Gasteiger partial charge in [-0.3, -0.25) is 0 Å². The van der Waals surface area contributed by atoms with E-state index in [1.807, 2.05) is 30.3 Å². The highest BCUT2D eigenvalue weighted by atomic mass is 16.6. The van der Waals surface area contributed by atoms with Gasteiger partial charge in [-0.25, -0.2) is 0 Å². The molecule has 86 valence electrons. The average molecular weight is 234 g/mol. The van der Waals surface area contributed by atoms with Crippen molar-refractivity contribution < 1.29 is 14.8 Å². The molecule has 0 spiro atoms. The number of hydrogen-bond acceptors (Lipinski definition) is 3. The van der Waals surface area contributed by atoms with Gasteiger partial charge in [0.25, 0.3) is 0 Å². The van der Waals surface area contributed by atoms with Gasteiger partial charge in [0, 0.05) is 0 Å². The molecule has 4 heteroatoms. The molecule has 0 bridgehead atoms. The van der Waals surface area contributed by atoms with Gasteiger partial charge >= 0.3 is 7.12 Å². The first kappa shape index (κ1) is 11.7. The molecule has 2 N–H and O–H groups in total. The van der Waals surface area contributed by atoms with Crippen molar-refractivity contribution in [1.29, 1.82) is 0 Å². The third-order valence-corrected chi connectivity index (χ3v) is 2.43. The minimum absolute atomic E-state index is 0.456. The first-order chi connectivity index (χ1) is 8.25. The summed E-state index contributed by atoms with van der Waals surface area (Å²) >= 11 is 0. The summed E-state index contributed by atoms with van der Waals surface area (Å²) in [4.78, 5) is 0. The summed E-state index contributed by atoms with van der Waals surface area (Å²) in [6.07, 6.45) is 0. The molecule has 0 atom stereocenters. The first-order valence-corrected chi connectivity index (χ1v) is 5.38. The van der Waals surface area contributed by atoms with E-state index in [2.05, 4.69) is 0 Å².